The van der Waals surface area contributed by atoms with Gasteiger partial charge in [0.15, 0.2) is 0 Å². The monoisotopic (exact) mass is 250 g/mol. The second-order valence-corrected chi connectivity index (χ2v) is 4.67. The van der Waals surface area contributed by atoms with Crippen LogP contribution in [0.4, 0.5) is 11.8 Å². The van der Waals surface area contributed by atoms with E-state index < -0.39 is 0 Å². The number of piperazine rings is 1. The maximum atomic E-state index is 5.36. The van der Waals surface area contributed by atoms with Gasteiger partial charge in [0.05, 0.1) is 0 Å². The van der Waals surface area contributed by atoms with Crippen molar-refractivity contribution in [2.75, 3.05) is 43.0 Å². The van der Waals surface area contributed by atoms with E-state index in [1.165, 1.54) is 13.0 Å². The van der Waals surface area contributed by atoms with Gasteiger partial charge in [-0.2, -0.15) is 4.98 Å². The van der Waals surface area contributed by atoms with Crippen molar-refractivity contribution in [3.8, 4) is 0 Å². The molecule has 6 heteroatoms. The summed E-state index contributed by atoms with van der Waals surface area (Å²) in [6.45, 7) is 9.68. The van der Waals surface area contributed by atoms with Crippen molar-refractivity contribution in [1.29, 1.82) is 0 Å². The molecule has 0 atom stereocenters. The molecule has 2 rings (SSSR count). The minimum atomic E-state index is 0.478. The van der Waals surface area contributed by atoms with Crippen LogP contribution in [-0.2, 0) is 0 Å². The number of anilines is 2. The van der Waals surface area contributed by atoms with Gasteiger partial charge in [0.25, 0.3) is 0 Å². The molecule has 0 amide bonds. The van der Waals surface area contributed by atoms with E-state index in [1.54, 1.807) is 0 Å². The zero-order valence-electron chi connectivity index (χ0n) is 11.2. The largest absolute Gasteiger partial charge is 0.354 e. The Morgan fingerprint density at radius 1 is 1.33 bits per heavy atom. The average molecular weight is 250 g/mol. The summed E-state index contributed by atoms with van der Waals surface area (Å²) in [6.07, 6.45) is 3.03. The molecule has 0 radical (unpaired) electrons. The normalized spacial score (nSPS) is 16.9. The smallest absolute Gasteiger partial charge is 0.239 e. The molecule has 0 aliphatic carbocycles. The van der Waals surface area contributed by atoms with Gasteiger partial charge in [-0.15, -0.1) is 0 Å². The van der Waals surface area contributed by atoms with Gasteiger partial charge in [0.1, 0.15) is 5.82 Å². The van der Waals surface area contributed by atoms with Crippen LogP contribution in [0.5, 0.6) is 0 Å². The maximum Gasteiger partial charge on any atom is 0.239 e. The number of nitrogen functional groups attached to an aromatic ring is 1. The van der Waals surface area contributed by atoms with Crippen LogP contribution in [0, 0.1) is 6.92 Å². The van der Waals surface area contributed by atoms with Crippen LogP contribution >= 0.6 is 0 Å². The average Bonchev–Trinajstić information content (AvgIpc) is 2.41. The van der Waals surface area contributed by atoms with Crippen molar-refractivity contribution in [2.24, 2.45) is 5.84 Å². The number of aromatic nitrogens is 2. The Morgan fingerprint density at radius 2 is 2.06 bits per heavy atom. The van der Waals surface area contributed by atoms with E-state index in [-0.39, 0.29) is 0 Å². The highest BCUT2D eigenvalue weighted by atomic mass is 15.3. The van der Waals surface area contributed by atoms with Gasteiger partial charge in [0, 0.05) is 37.9 Å². The summed E-state index contributed by atoms with van der Waals surface area (Å²) in [5.74, 6) is 6.83. The molecule has 3 N–H and O–H groups in total. The van der Waals surface area contributed by atoms with E-state index in [0.29, 0.717) is 5.95 Å². The maximum absolute atomic E-state index is 5.36. The molecule has 0 saturated carbocycles. The predicted octanol–water partition coefficient (Wildman–Crippen LogP) is 0.603. The van der Waals surface area contributed by atoms with Gasteiger partial charge < -0.3 is 4.90 Å². The number of nitrogens with zero attached hydrogens (tertiary/aromatic N) is 4. The van der Waals surface area contributed by atoms with E-state index in [4.69, 9.17) is 5.84 Å². The van der Waals surface area contributed by atoms with E-state index in [0.717, 1.165) is 37.6 Å². The first-order valence-electron chi connectivity index (χ1n) is 6.52. The second-order valence-electron chi connectivity index (χ2n) is 4.67. The first-order valence-corrected chi connectivity index (χ1v) is 6.52. The van der Waals surface area contributed by atoms with Gasteiger partial charge in [0.2, 0.25) is 5.95 Å². The lowest BCUT2D eigenvalue weighted by Crippen LogP contribution is -2.47. The van der Waals surface area contributed by atoms with Gasteiger partial charge in [-0.3, -0.25) is 10.3 Å². The third kappa shape index (κ3) is 2.88. The van der Waals surface area contributed by atoms with E-state index >= 15 is 0 Å². The fourth-order valence-electron chi connectivity index (χ4n) is 2.32. The lowest BCUT2D eigenvalue weighted by molar-refractivity contribution is 0.258. The zero-order valence-corrected chi connectivity index (χ0v) is 11.2. The van der Waals surface area contributed by atoms with Gasteiger partial charge in [-0.25, -0.2) is 10.8 Å². The number of hydrogen-bond acceptors (Lipinski definition) is 6. The molecule has 1 aliphatic rings. The molecule has 1 fully saturated rings. The minimum Gasteiger partial charge on any atom is -0.354 e. The van der Waals surface area contributed by atoms with Crippen molar-refractivity contribution in [1.82, 2.24) is 14.9 Å². The Hall–Kier alpha value is -1.40. The van der Waals surface area contributed by atoms with Crippen LogP contribution in [0.1, 0.15) is 18.9 Å². The molecule has 2 heterocycles. The first kappa shape index (κ1) is 13.0. The third-order valence-electron chi connectivity index (χ3n) is 3.29. The van der Waals surface area contributed by atoms with E-state index in [9.17, 15) is 0 Å². The number of hydrogen-bond donors (Lipinski definition) is 2. The standard InChI is InChI=1S/C12H22N6/c1-3-4-17-5-7-18(8-6-17)11-10(2)9-14-12(15-11)16-13/h9H,3-8,13H2,1-2H3,(H,14,15,16). The highest BCUT2D eigenvalue weighted by molar-refractivity contribution is 5.49. The molecule has 100 valence electrons. The Labute approximate surface area is 108 Å². The fraction of sp³-hybridized carbons (Fsp3) is 0.667. The summed E-state index contributed by atoms with van der Waals surface area (Å²) in [6, 6.07) is 0. The van der Waals surface area contributed by atoms with Crippen LogP contribution < -0.4 is 16.2 Å². The predicted molar refractivity (Wildman–Crippen MR) is 73.5 cm³/mol. The lowest BCUT2D eigenvalue weighted by atomic mass is 10.2. The van der Waals surface area contributed by atoms with Crippen molar-refractivity contribution in [2.45, 2.75) is 20.3 Å². The highest BCUT2D eigenvalue weighted by Gasteiger charge is 2.19. The molecule has 1 aliphatic heterocycles. The highest BCUT2D eigenvalue weighted by Crippen LogP contribution is 2.19. The minimum absolute atomic E-state index is 0.478. The first-order chi connectivity index (χ1) is 8.74. The summed E-state index contributed by atoms with van der Waals surface area (Å²) in [4.78, 5) is 13.4. The molecular weight excluding hydrogens is 228 g/mol. The Kier molecular flexibility index (Phi) is 4.33. The Balaban J connectivity index is 2.04. The van der Waals surface area contributed by atoms with Crippen molar-refractivity contribution >= 4 is 11.8 Å². The van der Waals surface area contributed by atoms with Gasteiger partial charge >= 0.3 is 0 Å². The number of nitrogens with two attached hydrogens (primary N) is 1. The van der Waals surface area contributed by atoms with E-state index in [2.05, 4.69) is 32.1 Å². The zero-order chi connectivity index (χ0) is 13.0. The van der Waals surface area contributed by atoms with Crippen molar-refractivity contribution < 1.29 is 0 Å². The molecule has 1 saturated heterocycles. The number of aryl methyl sites for hydroxylation is 1. The van der Waals surface area contributed by atoms with Crippen LogP contribution in [0.15, 0.2) is 6.20 Å². The molecule has 1 aromatic heterocycles. The van der Waals surface area contributed by atoms with Crippen LogP contribution in [0.2, 0.25) is 0 Å². The summed E-state index contributed by atoms with van der Waals surface area (Å²) >= 11 is 0. The molecule has 6 nitrogen and oxygen atoms in total. The Morgan fingerprint density at radius 3 is 2.67 bits per heavy atom. The van der Waals surface area contributed by atoms with Crippen LogP contribution in [0.25, 0.3) is 0 Å². The third-order valence-corrected chi connectivity index (χ3v) is 3.29. The van der Waals surface area contributed by atoms with Crippen LogP contribution in [-0.4, -0.2) is 47.6 Å². The molecule has 1 aromatic rings. The summed E-state index contributed by atoms with van der Waals surface area (Å²) in [7, 11) is 0. The summed E-state index contributed by atoms with van der Waals surface area (Å²) < 4.78 is 0. The van der Waals surface area contributed by atoms with Crippen molar-refractivity contribution in [3.63, 3.8) is 0 Å². The fourth-order valence-corrected chi connectivity index (χ4v) is 2.32. The summed E-state index contributed by atoms with van der Waals surface area (Å²) in [5.41, 5.74) is 3.60. The number of rotatable bonds is 4. The quantitative estimate of drug-likeness (QED) is 0.602. The molecular formula is C12H22N6. The summed E-state index contributed by atoms with van der Waals surface area (Å²) in [5, 5.41) is 0. The van der Waals surface area contributed by atoms with Crippen molar-refractivity contribution in [3.05, 3.63) is 11.8 Å². The molecule has 0 aromatic carbocycles. The topological polar surface area (TPSA) is 70.3 Å². The van der Waals surface area contributed by atoms with E-state index in [1.807, 2.05) is 13.1 Å². The molecule has 0 unspecified atom stereocenters. The second kappa shape index (κ2) is 5.97. The van der Waals surface area contributed by atoms with Gasteiger partial charge in [-0.1, -0.05) is 6.92 Å². The van der Waals surface area contributed by atoms with Crippen LogP contribution in [0.3, 0.4) is 0 Å². The SMILES string of the molecule is CCCN1CCN(c2nc(NN)ncc2C)CC1. The molecule has 18 heavy (non-hydrogen) atoms. The Bertz CT molecular complexity index is 386. The number of nitrogens with one attached hydrogen (secondary N) is 1. The number of hydrazine groups is 1. The lowest BCUT2D eigenvalue weighted by Gasteiger charge is -2.35. The molecule has 0 spiro atoms. The van der Waals surface area contributed by atoms with Gasteiger partial charge in [-0.05, 0) is 19.9 Å². The molecule has 0 bridgehead atoms.